The van der Waals surface area contributed by atoms with Gasteiger partial charge in [-0.05, 0) is 6.42 Å². The molecule has 1 atom stereocenters. The quantitative estimate of drug-likeness (QED) is 0.0767. The maximum absolute atomic E-state index is 12.5. The molecule has 0 aliphatic heterocycles. The maximum Gasteiger partial charge on any atom is 0.474 e. The average Bonchev–Trinajstić information content (AvgIpc) is 2.67. The fourth-order valence-electron chi connectivity index (χ4n) is 2.71. The molecule has 0 aliphatic carbocycles. The van der Waals surface area contributed by atoms with E-state index < -0.39 is 13.8 Å². The number of carbonyl (C=O) groups is 1. The van der Waals surface area contributed by atoms with Crippen LogP contribution in [0, 0.1) is 0 Å². The Bertz CT molecular complexity index is 408. The summed E-state index contributed by atoms with van der Waals surface area (Å²) in [7, 11) is -3.60. The van der Waals surface area contributed by atoms with Crippen molar-refractivity contribution in [3.63, 3.8) is 0 Å². The predicted octanol–water partition coefficient (Wildman–Crippen LogP) is 6.80. The van der Waals surface area contributed by atoms with Crippen LogP contribution in [0.1, 0.15) is 90.9 Å². The molecule has 168 valence electrons. The third-order valence-electron chi connectivity index (χ3n) is 4.21. The van der Waals surface area contributed by atoms with E-state index in [4.69, 9.17) is 18.3 Å². The van der Waals surface area contributed by atoms with Gasteiger partial charge in [0, 0.05) is 12.3 Å². The molecule has 0 saturated heterocycles. The van der Waals surface area contributed by atoms with E-state index in [9.17, 15) is 9.36 Å². The van der Waals surface area contributed by atoms with Gasteiger partial charge in [-0.2, -0.15) is 0 Å². The first-order valence-corrected chi connectivity index (χ1v) is 13.3. The molecule has 0 fully saturated rings. The Morgan fingerprint density at radius 2 is 1.18 bits per heavy atom. The molecule has 0 saturated carbocycles. The topological polar surface area (TPSA) is 71.1 Å². The summed E-state index contributed by atoms with van der Waals surface area (Å²) < 4.78 is 33.0. The molecule has 0 aromatic heterocycles. The van der Waals surface area contributed by atoms with Crippen molar-refractivity contribution in [3.05, 3.63) is 0 Å². The number of halogens is 1. The van der Waals surface area contributed by atoms with Crippen molar-refractivity contribution in [3.8, 4) is 0 Å². The van der Waals surface area contributed by atoms with Gasteiger partial charge in [-0.15, -0.1) is 0 Å². The normalized spacial score (nSPS) is 13.4. The Morgan fingerprint density at radius 1 is 0.714 bits per heavy atom. The van der Waals surface area contributed by atoms with E-state index in [1.165, 1.54) is 71.1 Å². The van der Waals surface area contributed by atoms with Gasteiger partial charge in [0.15, 0.2) is 0 Å². The number of esters is 1. The molecule has 0 aliphatic rings. The number of rotatable bonds is 21. The average molecular weight is 487 g/mol. The predicted molar refractivity (Wildman–Crippen MR) is 117 cm³/mol. The van der Waals surface area contributed by atoms with Crippen molar-refractivity contribution in [2.45, 2.75) is 90.9 Å². The fraction of sp³-hybridized carbons (Fsp3) is 0.950. The second-order valence-electron chi connectivity index (χ2n) is 6.86. The number of carbonyl (C=O) groups excluding carboxylic acids is 1. The first kappa shape index (κ1) is 28.1. The molecular weight excluding hydrogens is 447 g/mol. The zero-order valence-electron chi connectivity index (χ0n) is 17.8. The van der Waals surface area contributed by atoms with Crippen LogP contribution in [0.3, 0.4) is 0 Å². The third kappa shape index (κ3) is 19.4. The highest BCUT2D eigenvalue weighted by molar-refractivity contribution is 9.09. The third-order valence-corrected chi connectivity index (χ3v) is 6.03. The van der Waals surface area contributed by atoms with Crippen LogP contribution in [0.15, 0.2) is 0 Å². The van der Waals surface area contributed by atoms with Crippen LogP contribution >= 0.6 is 23.8 Å². The highest BCUT2D eigenvalue weighted by Crippen LogP contribution is 2.49. The van der Waals surface area contributed by atoms with E-state index in [2.05, 4.69) is 22.9 Å². The molecule has 0 radical (unpaired) electrons. The second-order valence-corrected chi connectivity index (χ2v) is 9.33. The molecule has 6 nitrogen and oxygen atoms in total. The van der Waals surface area contributed by atoms with Gasteiger partial charge in [0.1, 0.15) is 6.61 Å². The monoisotopic (exact) mass is 486 g/mol. The summed E-state index contributed by atoms with van der Waals surface area (Å²) >= 11 is 3.22. The molecule has 1 unspecified atom stereocenters. The van der Waals surface area contributed by atoms with Gasteiger partial charge in [-0.3, -0.25) is 18.4 Å². The zero-order valence-corrected chi connectivity index (χ0v) is 20.3. The largest absolute Gasteiger partial charge is 0.474 e. The molecule has 0 aromatic rings. The molecule has 0 amide bonds. The van der Waals surface area contributed by atoms with Gasteiger partial charge >= 0.3 is 13.8 Å². The lowest BCUT2D eigenvalue weighted by atomic mass is 10.1. The van der Waals surface area contributed by atoms with Crippen LogP contribution < -0.4 is 0 Å². The number of hydrogen-bond donors (Lipinski definition) is 0. The number of hydrogen-bond acceptors (Lipinski definition) is 6. The summed E-state index contributed by atoms with van der Waals surface area (Å²) in [6.45, 7) is 4.13. The highest BCUT2D eigenvalue weighted by Gasteiger charge is 2.26. The Kier molecular flexibility index (Phi) is 20.4. The Morgan fingerprint density at radius 3 is 1.68 bits per heavy atom. The van der Waals surface area contributed by atoms with Crippen LogP contribution in [0.5, 0.6) is 0 Å². The maximum atomic E-state index is 12.5. The summed E-state index contributed by atoms with van der Waals surface area (Å²) in [4.78, 5) is 10.7. The molecule has 28 heavy (non-hydrogen) atoms. The Balaban J connectivity index is 3.67. The van der Waals surface area contributed by atoms with E-state index in [0.29, 0.717) is 11.9 Å². The number of unbranched alkanes of at least 4 members (excludes halogenated alkanes) is 11. The van der Waals surface area contributed by atoms with E-state index >= 15 is 0 Å². The van der Waals surface area contributed by atoms with Crippen LogP contribution in [0.25, 0.3) is 0 Å². The van der Waals surface area contributed by atoms with Crippen molar-refractivity contribution >= 4 is 29.7 Å². The lowest BCUT2D eigenvalue weighted by molar-refractivity contribution is -0.141. The molecule has 0 spiro atoms. The van der Waals surface area contributed by atoms with Crippen molar-refractivity contribution in [2.75, 3.05) is 31.8 Å². The number of phosphoric ester groups is 1. The van der Waals surface area contributed by atoms with E-state index in [-0.39, 0.29) is 19.8 Å². The lowest BCUT2D eigenvalue weighted by Crippen LogP contribution is -2.10. The fourth-order valence-corrected chi connectivity index (χ4v) is 4.31. The van der Waals surface area contributed by atoms with Gasteiger partial charge < -0.3 is 4.74 Å². The van der Waals surface area contributed by atoms with Crippen LogP contribution in [0.2, 0.25) is 0 Å². The van der Waals surface area contributed by atoms with Crippen molar-refractivity contribution in [1.29, 1.82) is 0 Å². The first-order valence-electron chi connectivity index (χ1n) is 10.8. The molecule has 0 bridgehead atoms. The Hall–Kier alpha value is 0.0600. The van der Waals surface area contributed by atoms with Gasteiger partial charge in [-0.25, -0.2) is 4.57 Å². The van der Waals surface area contributed by atoms with Gasteiger partial charge in [-0.1, -0.05) is 93.5 Å². The molecule has 0 aromatic carbocycles. The summed E-state index contributed by atoms with van der Waals surface area (Å²) in [5.74, 6) is -0.405. The molecule has 0 rings (SSSR count). The summed E-state index contributed by atoms with van der Waals surface area (Å²) in [6.07, 6.45) is 15.1. The first-order chi connectivity index (χ1) is 13.5. The summed E-state index contributed by atoms with van der Waals surface area (Å²) in [5, 5.41) is 0.534. The second kappa shape index (κ2) is 20.3. The van der Waals surface area contributed by atoms with E-state index in [0.717, 1.165) is 12.8 Å². The summed E-state index contributed by atoms with van der Waals surface area (Å²) in [5.41, 5.74) is 0. The lowest BCUT2D eigenvalue weighted by Gasteiger charge is -2.17. The molecule has 0 N–H and O–H groups in total. The van der Waals surface area contributed by atoms with Crippen LogP contribution in [0.4, 0.5) is 0 Å². The van der Waals surface area contributed by atoms with Gasteiger partial charge in [0.25, 0.3) is 0 Å². The smallest absolute Gasteiger partial charge is 0.463 e. The van der Waals surface area contributed by atoms with Crippen molar-refractivity contribution in [1.82, 2.24) is 0 Å². The summed E-state index contributed by atoms with van der Waals surface area (Å²) in [6, 6.07) is 0. The van der Waals surface area contributed by atoms with Crippen molar-refractivity contribution in [2.24, 2.45) is 0 Å². The van der Waals surface area contributed by atoms with E-state index in [1.807, 2.05) is 0 Å². The number of phosphoric acid groups is 1. The number of ether oxygens (including phenoxy) is 1. The van der Waals surface area contributed by atoms with Crippen molar-refractivity contribution < 1.29 is 27.7 Å². The minimum absolute atomic E-state index is 0.0163. The SMILES string of the molecule is CCCCCCCCCCCCCCOP(=O)(OCCBr)OCCOC(C)=O. The zero-order chi connectivity index (χ0) is 20.9. The molecule has 0 heterocycles. The van der Waals surface area contributed by atoms with Gasteiger partial charge in [0.05, 0.1) is 19.8 Å². The van der Waals surface area contributed by atoms with Crippen LogP contribution in [-0.4, -0.2) is 37.7 Å². The Labute approximate surface area is 180 Å². The number of alkyl halides is 1. The standard InChI is InChI=1S/C20H40BrO6P/c1-3-4-5-6-7-8-9-10-11-12-13-14-16-25-28(23,26-17-15-21)27-19-18-24-20(2)22/h3-19H2,1-2H3. The van der Waals surface area contributed by atoms with Crippen LogP contribution in [-0.2, 0) is 27.7 Å². The molecule has 8 heteroatoms. The minimum Gasteiger partial charge on any atom is -0.463 e. The highest BCUT2D eigenvalue weighted by atomic mass is 79.9. The minimum atomic E-state index is -3.60. The van der Waals surface area contributed by atoms with E-state index in [1.54, 1.807) is 0 Å². The van der Waals surface area contributed by atoms with Gasteiger partial charge in [0.2, 0.25) is 0 Å². The molecular formula is C20H40BrO6P.